The minimum Gasteiger partial charge on any atom is -0.248 e. The molecule has 6 heteroatoms. The highest BCUT2D eigenvalue weighted by Crippen LogP contribution is 2.22. The van der Waals surface area contributed by atoms with Crippen molar-refractivity contribution in [2.24, 2.45) is 0 Å². The van der Waals surface area contributed by atoms with Crippen LogP contribution in [0.15, 0.2) is 78.0 Å². The summed E-state index contributed by atoms with van der Waals surface area (Å²) in [6.45, 7) is 0. The highest BCUT2D eigenvalue weighted by atomic mass is 32.2. The second-order valence-corrected chi connectivity index (χ2v) is 7.84. The van der Waals surface area contributed by atoms with Gasteiger partial charge < -0.3 is 0 Å². The van der Waals surface area contributed by atoms with Gasteiger partial charge in [0.1, 0.15) is 0 Å². The van der Waals surface area contributed by atoms with E-state index in [0.717, 1.165) is 27.8 Å². The van der Waals surface area contributed by atoms with Crippen molar-refractivity contribution in [3.63, 3.8) is 0 Å². The van der Waals surface area contributed by atoms with E-state index in [2.05, 4.69) is 10.1 Å². The van der Waals surface area contributed by atoms with Crippen LogP contribution in [0.1, 0.15) is 0 Å². The van der Waals surface area contributed by atoms with Crippen molar-refractivity contribution in [3.8, 4) is 16.9 Å². The van der Waals surface area contributed by atoms with Crippen LogP contribution in [0.4, 0.5) is 0 Å². The first kappa shape index (κ1) is 15.5. The zero-order valence-corrected chi connectivity index (χ0v) is 14.3. The van der Waals surface area contributed by atoms with E-state index in [4.69, 9.17) is 0 Å². The Morgan fingerprint density at radius 3 is 2.44 bits per heavy atom. The third-order valence-corrected chi connectivity index (χ3v) is 5.13. The van der Waals surface area contributed by atoms with E-state index in [1.165, 1.54) is 6.26 Å². The summed E-state index contributed by atoms with van der Waals surface area (Å²) in [6.07, 6.45) is 4.83. The first-order chi connectivity index (χ1) is 12.0. The van der Waals surface area contributed by atoms with Crippen LogP contribution in [0.25, 0.3) is 27.8 Å². The smallest absolute Gasteiger partial charge is 0.175 e. The molecule has 0 atom stereocenters. The molecule has 0 N–H and O–H groups in total. The largest absolute Gasteiger partial charge is 0.248 e. The number of pyridine rings is 1. The van der Waals surface area contributed by atoms with Crippen molar-refractivity contribution >= 4 is 20.7 Å². The number of hydrogen-bond acceptors (Lipinski definition) is 4. The van der Waals surface area contributed by atoms with Crippen LogP contribution in [-0.4, -0.2) is 29.4 Å². The summed E-state index contributed by atoms with van der Waals surface area (Å²) in [4.78, 5) is 4.96. The molecular weight excluding hydrogens is 334 g/mol. The van der Waals surface area contributed by atoms with E-state index in [1.54, 1.807) is 35.1 Å². The molecule has 0 aliphatic carbocycles. The molecule has 0 radical (unpaired) electrons. The van der Waals surface area contributed by atoms with Crippen LogP contribution in [0.3, 0.4) is 0 Å². The van der Waals surface area contributed by atoms with Crippen molar-refractivity contribution in [2.75, 3.05) is 6.26 Å². The van der Waals surface area contributed by atoms with E-state index >= 15 is 0 Å². The summed E-state index contributed by atoms with van der Waals surface area (Å²) in [5.74, 6) is 0. The van der Waals surface area contributed by atoms with Gasteiger partial charge in [0.25, 0.3) is 0 Å². The molecule has 0 fully saturated rings. The molecular formula is C19H15N3O2S. The zero-order chi connectivity index (χ0) is 17.4. The molecule has 2 aromatic carbocycles. The first-order valence-corrected chi connectivity index (χ1v) is 9.61. The molecule has 0 unspecified atom stereocenters. The van der Waals surface area contributed by atoms with Gasteiger partial charge in [0, 0.05) is 23.4 Å². The van der Waals surface area contributed by atoms with Gasteiger partial charge in [0.15, 0.2) is 9.84 Å². The van der Waals surface area contributed by atoms with Crippen molar-refractivity contribution in [1.29, 1.82) is 0 Å². The Labute approximate surface area is 145 Å². The quantitative estimate of drug-likeness (QED) is 0.568. The van der Waals surface area contributed by atoms with Crippen LogP contribution >= 0.6 is 0 Å². The number of rotatable bonds is 3. The van der Waals surface area contributed by atoms with Crippen molar-refractivity contribution in [3.05, 3.63) is 73.1 Å². The Balaban J connectivity index is 1.69. The fourth-order valence-electron chi connectivity index (χ4n) is 2.67. The summed E-state index contributed by atoms with van der Waals surface area (Å²) in [7, 11) is -3.20. The molecule has 5 nitrogen and oxygen atoms in total. The van der Waals surface area contributed by atoms with Crippen molar-refractivity contribution in [1.82, 2.24) is 14.8 Å². The lowest BCUT2D eigenvalue weighted by atomic mass is 10.1. The van der Waals surface area contributed by atoms with Gasteiger partial charge in [-0.1, -0.05) is 24.3 Å². The predicted molar refractivity (Wildman–Crippen MR) is 97.4 cm³/mol. The number of fused-ring (bicyclic) bond motifs is 1. The second-order valence-electron chi connectivity index (χ2n) is 5.83. The van der Waals surface area contributed by atoms with E-state index < -0.39 is 9.84 Å². The lowest BCUT2D eigenvalue weighted by molar-refractivity contribution is 0.602. The van der Waals surface area contributed by atoms with Crippen LogP contribution < -0.4 is 0 Å². The number of nitrogens with zero attached hydrogens (tertiary/aromatic N) is 3. The Hall–Kier alpha value is -2.99. The third-order valence-electron chi connectivity index (χ3n) is 4.01. The van der Waals surface area contributed by atoms with Crippen molar-refractivity contribution < 1.29 is 8.42 Å². The Morgan fingerprint density at radius 2 is 1.68 bits per heavy atom. The average molecular weight is 349 g/mol. The Bertz CT molecular complexity index is 1160. The van der Waals surface area contributed by atoms with E-state index in [9.17, 15) is 8.42 Å². The molecule has 0 saturated heterocycles. The molecule has 124 valence electrons. The molecule has 0 bridgehead atoms. The van der Waals surface area contributed by atoms with Gasteiger partial charge in [0.05, 0.1) is 28.0 Å². The van der Waals surface area contributed by atoms with E-state index in [1.807, 2.05) is 42.6 Å². The van der Waals surface area contributed by atoms with Gasteiger partial charge in [-0.25, -0.2) is 18.1 Å². The number of benzene rings is 2. The summed E-state index contributed by atoms with van der Waals surface area (Å²) in [6, 6.07) is 18.6. The maximum Gasteiger partial charge on any atom is 0.175 e. The second kappa shape index (κ2) is 5.82. The molecule has 0 saturated carbocycles. The minimum absolute atomic E-state index is 0.292. The van der Waals surface area contributed by atoms with E-state index in [0.29, 0.717) is 4.90 Å². The molecule has 0 amide bonds. The number of sulfone groups is 1. The van der Waals surface area contributed by atoms with Gasteiger partial charge in [-0.15, -0.1) is 0 Å². The van der Waals surface area contributed by atoms with Crippen LogP contribution in [0, 0.1) is 0 Å². The molecule has 0 aliphatic rings. The SMILES string of the molecule is CS(=O)(=O)c1ccc(-n2cc(-c3ccc4ccccc4n3)cn2)cc1. The normalized spacial score (nSPS) is 11.7. The summed E-state index contributed by atoms with van der Waals surface area (Å²) >= 11 is 0. The highest BCUT2D eigenvalue weighted by Gasteiger charge is 2.09. The lowest BCUT2D eigenvalue weighted by Crippen LogP contribution is -1.99. The predicted octanol–water partition coefficient (Wildman–Crippen LogP) is 3.49. The van der Waals surface area contributed by atoms with Crippen molar-refractivity contribution in [2.45, 2.75) is 4.90 Å². The fourth-order valence-corrected chi connectivity index (χ4v) is 3.30. The number of aromatic nitrogens is 3. The zero-order valence-electron chi connectivity index (χ0n) is 13.5. The molecule has 25 heavy (non-hydrogen) atoms. The molecule has 2 aromatic heterocycles. The molecule has 2 heterocycles. The highest BCUT2D eigenvalue weighted by molar-refractivity contribution is 7.90. The molecule has 4 rings (SSSR count). The van der Waals surface area contributed by atoms with E-state index in [-0.39, 0.29) is 0 Å². The van der Waals surface area contributed by atoms with Gasteiger partial charge in [0.2, 0.25) is 0 Å². The van der Waals surface area contributed by atoms with Gasteiger partial charge >= 0.3 is 0 Å². The molecule has 0 spiro atoms. The summed E-state index contributed by atoms with van der Waals surface area (Å²) < 4.78 is 24.8. The van der Waals surface area contributed by atoms with Crippen LogP contribution in [0.2, 0.25) is 0 Å². The summed E-state index contributed by atoms with van der Waals surface area (Å²) in [5, 5.41) is 5.45. The van der Waals surface area contributed by atoms with Crippen LogP contribution in [0.5, 0.6) is 0 Å². The van der Waals surface area contributed by atoms with Gasteiger partial charge in [-0.2, -0.15) is 5.10 Å². The standard InChI is InChI=1S/C19H15N3O2S/c1-25(23,24)17-9-7-16(8-10-17)22-13-15(12-20-22)19-11-6-14-4-2-3-5-18(14)21-19/h2-13H,1H3. The monoisotopic (exact) mass is 349 g/mol. The van der Waals surface area contributed by atoms with Crippen LogP contribution in [-0.2, 0) is 9.84 Å². The fraction of sp³-hybridized carbons (Fsp3) is 0.0526. The Kier molecular flexibility index (Phi) is 3.62. The first-order valence-electron chi connectivity index (χ1n) is 7.72. The Morgan fingerprint density at radius 1 is 0.920 bits per heavy atom. The lowest BCUT2D eigenvalue weighted by Gasteiger charge is -2.03. The maximum atomic E-state index is 11.5. The summed E-state index contributed by atoms with van der Waals surface area (Å²) in [5.41, 5.74) is 3.47. The third kappa shape index (κ3) is 3.04. The van der Waals surface area contributed by atoms with Gasteiger partial charge in [-0.05, 0) is 36.4 Å². The van der Waals surface area contributed by atoms with Gasteiger partial charge in [-0.3, -0.25) is 0 Å². The molecule has 0 aliphatic heterocycles. The number of para-hydroxylation sites is 1. The average Bonchev–Trinajstić information content (AvgIpc) is 3.11. The number of hydrogen-bond donors (Lipinski definition) is 0. The topological polar surface area (TPSA) is 64.8 Å². The maximum absolute atomic E-state index is 11.5. The minimum atomic E-state index is -3.20. The molecule has 4 aromatic rings.